The number of nitrogens with zero attached hydrogens (tertiary/aromatic N) is 2. The summed E-state index contributed by atoms with van der Waals surface area (Å²) in [5.41, 5.74) is 3.83. The molecular weight excluding hydrogens is 430 g/mol. The van der Waals surface area contributed by atoms with Gasteiger partial charge in [0.05, 0.1) is 18.1 Å². The van der Waals surface area contributed by atoms with Crippen molar-refractivity contribution in [3.8, 4) is 0 Å². The number of benzene rings is 1. The van der Waals surface area contributed by atoms with Gasteiger partial charge in [0.15, 0.2) is 0 Å². The number of unbranched alkanes of at least 4 members (excludes halogenated alkanes) is 2. The molecule has 0 spiro atoms. The van der Waals surface area contributed by atoms with Gasteiger partial charge in [0.25, 0.3) is 5.91 Å². The van der Waals surface area contributed by atoms with Gasteiger partial charge in [-0.25, -0.2) is 5.01 Å². The number of hydrogen-bond donors (Lipinski definition) is 1. The number of hydrogen-bond acceptors (Lipinski definition) is 6. The molecule has 2 saturated heterocycles. The van der Waals surface area contributed by atoms with Gasteiger partial charge in [-0.3, -0.25) is 19.9 Å². The number of ether oxygens (including phenoxy) is 1. The van der Waals surface area contributed by atoms with E-state index in [0.717, 1.165) is 37.9 Å². The van der Waals surface area contributed by atoms with Gasteiger partial charge in [-0.05, 0) is 36.6 Å². The molecule has 9 heteroatoms. The quantitative estimate of drug-likeness (QED) is 0.369. The second kappa shape index (κ2) is 11.1. The first-order chi connectivity index (χ1) is 14.0. The number of morpholine rings is 1. The van der Waals surface area contributed by atoms with E-state index in [-0.39, 0.29) is 11.8 Å². The first-order valence-corrected chi connectivity index (χ1v) is 11.3. The molecule has 0 radical (unpaired) electrons. The van der Waals surface area contributed by atoms with E-state index in [1.54, 1.807) is 17.0 Å². The van der Waals surface area contributed by atoms with E-state index in [0.29, 0.717) is 40.4 Å². The molecule has 2 fully saturated rings. The van der Waals surface area contributed by atoms with Gasteiger partial charge in [-0.1, -0.05) is 54.1 Å². The summed E-state index contributed by atoms with van der Waals surface area (Å²) in [7, 11) is 0. The molecule has 1 aromatic rings. The van der Waals surface area contributed by atoms with Crippen molar-refractivity contribution < 1.29 is 14.3 Å². The fraction of sp³-hybridized carbons (Fsp3) is 0.450. The van der Waals surface area contributed by atoms with Crippen LogP contribution in [0.15, 0.2) is 29.2 Å². The van der Waals surface area contributed by atoms with E-state index in [1.807, 2.05) is 23.2 Å². The fourth-order valence-electron chi connectivity index (χ4n) is 3.04. The van der Waals surface area contributed by atoms with Crippen LogP contribution in [0.5, 0.6) is 0 Å². The molecule has 156 valence electrons. The highest BCUT2D eigenvalue weighted by atomic mass is 35.5. The summed E-state index contributed by atoms with van der Waals surface area (Å²) >= 11 is 12.6. The van der Waals surface area contributed by atoms with Gasteiger partial charge in [-0.15, -0.1) is 0 Å². The fourth-order valence-corrected chi connectivity index (χ4v) is 4.48. The highest BCUT2D eigenvalue weighted by Gasteiger charge is 2.31. The van der Waals surface area contributed by atoms with E-state index < -0.39 is 0 Å². The van der Waals surface area contributed by atoms with E-state index in [4.69, 9.17) is 28.6 Å². The lowest BCUT2D eigenvalue weighted by Gasteiger charge is -2.26. The van der Waals surface area contributed by atoms with Gasteiger partial charge in [0.1, 0.15) is 4.32 Å². The summed E-state index contributed by atoms with van der Waals surface area (Å²) in [6.45, 7) is 3.33. The van der Waals surface area contributed by atoms with Crippen molar-refractivity contribution >= 4 is 57.8 Å². The van der Waals surface area contributed by atoms with Crippen molar-refractivity contribution in [3.05, 3.63) is 39.8 Å². The second-order valence-electron chi connectivity index (χ2n) is 6.83. The highest BCUT2D eigenvalue weighted by Crippen LogP contribution is 2.32. The van der Waals surface area contributed by atoms with Crippen molar-refractivity contribution in [3.63, 3.8) is 0 Å². The smallest absolute Gasteiger partial charge is 0.266 e. The maximum atomic E-state index is 12.6. The number of halogens is 1. The van der Waals surface area contributed by atoms with E-state index in [1.165, 1.54) is 11.8 Å². The minimum absolute atomic E-state index is 0.0309. The van der Waals surface area contributed by atoms with Gasteiger partial charge in [-0.2, -0.15) is 0 Å². The molecule has 0 aliphatic carbocycles. The standard InChI is InChI=1S/C20H24ClN3O3S2/c21-16-7-5-15(6-8-16)14-17-19(26)24(20(28)29-17)9-3-1-2-4-18(25)22-23-10-12-27-13-11-23/h5-8,14H,1-4,9-13H2,(H,22,25)/b17-14-. The zero-order valence-corrected chi connectivity index (χ0v) is 18.5. The molecule has 0 unspecified atom stereocenters. The van der Waals surface area contributed by atoms with E-state index >= 15 is 0 Å². The third kappa shape index (κ3) is 6.79. The molecule has 0 aromatic heterocycles. The summed E-state index contributed by atoms with van der Waals surface area (Å²) in [4.78, 5) is 26.9. The van der Waals surface area contributed by atoms with Crippen LogP contribution in [-0.4, -0.2) is 58.9 Å². The van der Waals surface area contributed by atoms with Gasteiger partial charge < -0.3 is 4.74 Å². The maximum absolute atomic E-state index is 12.6. The van der Waals surface area contributed by atoms with Crippen molar-refractivity contribution in [2.75, 3.05) is 32.8 Å². The topological polar surface area (TPSA) is 61.9 Å². The number of carbonyl (C=O) groups is 2. The highest BCUT2D eigenvalue weighted by molar-refractivity contribution is 8.26. The number of hydrazine groups is 1. The van der Waals surface area contributed by atoms with Crippen LogP contribution in [0.25, 0.3) is 6.08 Å². The number of thioether (sulfide) groups is 1. The summed E-state index contributed by atoms with van der Waals surface area (Å²) in [6.07, 6.45) is 4.78. The molecule has 29 heavy (non-hydrogen) atoms. The Hall–Kier alpha value is -1.45. The predicted molar refractivity (Wildman–Crippen MR) is 120 cm³/mol. The Morgan fingerprint density at radius 2 is 1.93 bits per heavy atom. The molecule has 2 aliphatic rings. The van der Waals surface area contributed by atoms with E-state index in [9.17, 15) is 9.59 Å². The normalized spacial score (nSPS) is 19.2. The van der Waals surface area contributed by atoms with Crippen molar-refractivity contribution in [1.29, 1.82) is 0 Å². The molecular formula is C20H24ClN3O3S2. The number of rotatable bonds is 8. The van der Waals surface area contributed by atoms with Crippen LogP contribution in [0.2, 0.25) is 5.02 Å². The van der Waals surface area contributed by atoms with Crippen LogP contribution in [0.4, 0.5) is 0 Å². The number of nitrogens with one attached hydrogen (secondary N) is 1. The lowest BCUT2D eigenvalue weighted by atomic mass is 10.2. The summed E-state index contributed by atoms with van der Waals surface area (Å²) in [5.74, 6) is -0.0246. The molecule has 2 aliphatic heterocycles. The molecule has 1 N–H and O–H groups in total. The third-order valence-corrected chi connectivity index (χ3v) is 6.25. The molecule has 1 aromatic carbocycles. The SMILES string of the molecule is O=C(CCCCCN1C(=O)/C(=C/c2ccc(Cl)cc2)SC1=S)NN1CCOCC1. The average Bonchev–Trinajstić information content (AvgIpc) is 2.97. The molecule has 2 heterocycles. The largest absolute Gasteiger partial charge is 0.379 e. The monoisotopic (exact) mass is 453 g/mol. The molecule has 0 saturated carbocycles. The van der Waals surface area contributed by atoms with Gasteiger partial charge in [0, 0.05) is 31.1 Å². The summed E-state index contributed by atoms with van der Waals surface area (Å²) < 4.78 is 5.84. The Balaban J connectivity index is 1.38. The molecule has 3 rings (SSSR count). The summed E-state index contributed by atoms with van der Waals surface area (Å²) in [5, 5.41) is 2.56. The predicted octanol–water partition coefficient (Wildman–Crippen LogP) is 3.47. The Bertz CT molecular complexity index is 780. The first kappa shape index (κ1) is 22.2. The molecule has 0 bridgehead atoms. The zero-order chi connectivity index (χ0) is 20.6. The Morgan fingerprint density at radius 3 is 2.66 bits per heavy atom. The van der Waals surface area contributed by atoms with Crippen LogP contribution < -0.4 is 5.43 Å². The van der Waals surface area contributed by atoms with Crippen molar-refractivity contribution in [2.24, 2.45) is 0 Å². The van der Waals surface area contributed by atoms with Gasteiger partial charge in [0.2, 0.25) is 5.91 Å². The van der Waals surface area contributed by atoms with Crippen LogP contribution in [-0.2, 0) is 14.3 Å². The average molecular weight is 454 g/mol. The summed E-state index contributed by atoms with van der Waals surface area (Å²) in [6, 6.07) is 7.33. The van der Waals surface area contributed by atoms with Gasteiger partial charge >= 0.3 is 0 Å². The van der Waals surface area contributed by atoms with Crippen LogP contribution in [0.1, 0.15) is 31.2 Å². The lowest BCUT2D eigenvalue weighted by Crippen LogP contribution is -2.48. The Morgan fingerprint density at radius 1 is 1.21 bits per heavy atom. The third-order valence-electron chi connectivity index (χ3n) is 4.62. The van der Waals surface area contributed by atoms with Crippen LogP contribution in [0.3, 0.4) is 0 Å². The van der Waals surface area contributed by atoms with E-state index in [2.05, 4.69) is 5.43 Å². The number of thiocarbonyl (C=S) groups is 1. The second-order valence-corrected chi connectivity index (χ2v) is 8.94. The molecule has 6 nitrogen and oxygen atoms in total. The minimum Gasteiger partial charge on any atom is -0.379 e. The Labute approximate surface area is 185 Å². The van der Waals surface area contributed by atoms with Crippen LogP contribution >= 0.6 is 35.6 Å². The Kier molecular flexibility index (Phi) is 8.50. The molecule has 0 atom stereocenters. The zero-order valence-electron chi connectivity index (χ0n) is 16.1. The lowest BCUT2D eigenvalue weighted by molar-refractivity contribution is -0.128. The minimum atomic E-state index is -0.0555. The van der Waals surface area contributed by atoms with Crippen molar-refractivity contribution in [2.45, 2.75) is 25.7 Å². The van der Waals surface area contributed by atoms with Crippen molar-refractivity contribution in [1.82, 2.24) is 15.3 Å². The first-order valence-electron chi connectivity index (χ1n) is 9.66. The number of carbonyl (C=O) groups excluding carboxylic acids is 2. The maximum Gasteiger partial charge on any atom is 0.266 e. The van der Waals surface area contributed by atoms with Crippen LogP contribution in [0, 0.1) is 0 Å². The molecule has 2 amide bonds. The number of amides is 2.